The van der Waals surface area contributed by atoms with Crippen LogP contribution in [0.3, 0.4) is 0 Å². The molecule has 0 saturated heterocycles. The second-order valence-corrected chi connectivity index (χ2v) is 7.97. The summed E-state index contributed by atoms with van der Waals surface area (Å²) < 4.78 is 43.7. The van der Waals surface area contributed by atoms with Crippen LogP contribution in [0, 0.1) is 11.8 Å². The third kappa shape index (κ3) is 4.45. The van der Waals surface area contributed by atoms with Crippen LogP contribution in [0.15, 0.2) is 48.7 Å². The first-order valence-electron chi connectivity index (χ1n) is 10.0. The number of aromatic amines is 1. The van der Waals surface area contributed by atoms with Gasteiger partial charge in [-0.1, -0.05) is 19.1 Å². The lowest BCUT2D eigenvalue weighted by molar-refractivity contribution is -0.137. The average Bonchev–Trinajstić information content (AvgIpc) is 3.07. The molecule has 1 amide bonds. The molecule has 3 aromatic rings. The van der Waals surface area contributed by atoms with Gasteiger partial charge >= 0.3 is 6.18 Å². The van der Waals surface area contributed by atoms with E-state index >= 15 is 0 Å². The molecule has 4 nitrogen and oxygen atoms in total. The topological polar surface area (TPSA) is 54.1 Å². The summed E-state index contributed by atoms with van der Waals surface area (Å²) in [4.78, 5) is 15.5. The standard InChI is InChI=1S/C23H23F3N2O2/c1-14-10-16(11-14)22(29)28-21-13-27-20-7-6-18(12-19(20)21)30-9-8-15-2-4-17(5-3-15)23(24,25)26/h2-7,12-14,16,27H,8-11H2,1H3,(H,28,29). The number of carbonyl (C=O) groups excluding carboxylic acids is 1. The molecule has 1 aliphatic carbocycles. The smallest absolute Gasteiger partial charge is 0.416 e. The first-order valence-corrected chi connectivity index (χ1v) is 10.0. The Balaban J connectivity index is 1.37. The third-order valence-electron chi connectivity index (χ3n) is 5.60. The van der Waals surface area contributed by atoms with Gasteiger partial charge in [0.25, 0.3) is 0 Å². The molecule has 1 fully saturated rings. The van der Waals surface area contributed by atoms with E-state index in [0.717, 1.165) is 47.1 Å². The number of ether oxygens (including phenoxy) is 1. The normalized spacial score (nSPS) is 18.8. The summed E-state index contributed by atoms with van der Waals surface area (Å²) in [5, 5.41) is 3.86. The van der Waals surface area contributed by atoms with Gasteiger partial charge in [0.2, 0.25) is 5.91 Å². The number of rotatable bonds is 6. The molecule has 0 unspecified atom stereocenters. The number of H-pyrrole nitrogens is 1. The lowest BCUT2D eigenvalue weighted by Crippen LogP contribution is -2.33. The van der Waals surface area contributed by atoms with Crippen LogP contribution in [0.5, 0.6) is 5.75 Å². The van der Waals surface area contributed by atoms with E-state index in [1.807, 2.05) is 18.2 Å². The number of fused-ring (bicyclic) bond motifs is 1. The molecule has 7 heteroatoms. The van der Waals surface area contributed by atoms with Gasteiger partial charge < -0.3 is 15.0 Å². The van der Waals surface area contributed by atoms with Crippen molar-refractivity contribution in [2.45, 2.75) is 32.4 Å². The van der Waals surface area contributed by atoms with Crippen molar-refractivity contribution in [3.8, 4) is 5.75 Å². The second-order valence-electron chi connectivity index (χ2n) is 7.97. The van der Waals surface area contributed by atoms with Gasteiger partial charge in [-0.3, -0.25) is 4.79 Å². The van der Waals surface area contributed by atoms with Gasteiger partial charge in [-0.15, -0.1) is 0 Å². The summed E-state index contributed by atoms with van der Waals surface area (Å²) in [6.45, 7) is 2.48. The van der Waals surface area contributed by atoms with Gasteiger partial charge in [0.1, 0.15) is 5.75 Å². The van der Waals surface area contributed by atoms with Crippen molar-refractivity contribution in [3.63, 3.8) is 0 Å². The highest BCUT2D eigenvalue weighted by Gasteiger charge is 2.32. The minimum atomic E-state index is -4.33. The number of nitrogens with one attached hydrogen (secondary N) is 2. The minimum absolute atomic E-state index is 0.0441. The van der Waals surface area contributed by atoms with Crippen molar-refractivity contribution < 1.29 is 22.7 Å². The monoisotopic (exact) mass is 416 g/mol. The number of amides is 1. The van der Waals surface area contributed by atoms with Crippen LogP contribution in [-0.2, 0) is 17.4 Å². The highest BCUT2D eigenvalue weighted by atomic mass is 19.4. The predicted molar refractivity (Wildman–Crippen MR) is 109 cm³/mol. The van der Waals surface area contributed by atoms with E-state index in [9.17, 15) is 18.0 Å². The Kier molecular flexibility index (Phi) is 5.45. The molecular formula is C23H23F3N2O2. The second kappa shape index (κ2) is 8.05. The third-order valence-corrected chi connectivity index (χ3v) is 5.60. The fourth-order valence-electron chi connectivity index (χ4n) is 3.79. The highest BCUT2D eigenvalue weighted by molar-refractivity contribution is 6.03. The van der Waals surface area contributed by atoms with Crippen molar-refractivity contribution in [3.05, 3.63) is 59.8 Å². The number of aromatic nitrogens is 1. The maximum atomic E-state index is 12.6. The molecule has 0 radical (unpaired) electrons. The van der Waals surface area contributed by atoms with E-state index < -0.39 is 11.7 Å². The zero-order valence-corrected chi connectivity index (χ0v) is 16.6. The van der Waals surface area contributed by atoms with E-state index in [1.165, 1.54) is 12.1 Å². The molecule has 0 aliphatic heterocycles. The van der Waals surface area contributed by atoms with Crippen LogP contribution >= 0.6 is 0 Å². The molecule has 2 aromatic carbocycles. The number of benzene rings is 2. The van der Waals surface area contributed by atoms with Gasteiger partial charge in [-0.2, -0.15) is 13.2 Å². The summed E-state index contributed by atoms with van der Waals surface area (Å²) in [6.07, 6.45) is -0.215. The largest absolute Gasteiger partial charge is 0.493 e. The number of hydrogen-bond acceptors (Lipinski definition) is 2. The van der Waals surface area contributed by atoms with Crippen molar-refractivity contribution in [2.75, 3.05) is 11.9 Å². The Morgan fingerprint density at radius 2 is 1.90 bits per heavy atom. The van der Waals surface area contributed by atoms with Gasteiger partial charge in [0.05, 0.1) is 17.9 Å². The number of hydrogen-bond donors (Lipinski definition) is 2. The molecule has 158 valence electrons. The fraction of sp³-hybridized carbons (Fsp3) is 0.348. The van der Waals surface area contributed by atoms with Gasteiger partial charge in [0.15, 0.2) is 0 Å². The molecule has 1 saturated carbocycles. The van der Waals surface area contributed by atoms with Crippen molar-refractivity contribution in [1.29, 1.82) is 0 Å². The molecule has 1 heterocycles. The Morgan fingerprint density at radius 3 is 2.57 bits per heavy atom. The molecule has 0 bridgehead atoms. The van der Waals surface area contributed by atoms with Crippen LogP contribution in [0.1, 0.15) is 30.9 Å². The lowest BCUT2D eigenvalue weighted by Gasteiger charge is -2.31. The summed E-state index contributed by atoms with van der Waals surface area (Å²) in [7, 11) is 0. The minimum Gasteiger partial charge on any atom is -0.493 e. The zero-order chi connectivity index (χ0) is 21.3. The van der Waals surface area contributed by atoms with E-state index in [-0.39, 0.29) is 11.8 Å². The molecule has 30 heavy (non-hydrogen) atoms. The number of anilines is 1. The van der Waals surface area contributed by atoms with Crippen LogP contribution in [-0.4, -0.2) is 17.5 Å². The van der Waals surface area contributed by atoms with Crippen molar-refractivity contribution in [1.82, 2.24) is 4.98 Å². The first-order chi connectivity index (χ1) is 14.3. The maximum absolute atomic E-state index is 12.6. The Hall–Kier alpha value is -2.96. The summed E-state index contributed by atoms with van der Waals surface area (Å²) in [6, 6.07) is 10.7. The van der Waals surface area contributed by atoms with Gasteiger partial charge in [-0.25, -0.2) is 0 Å². The number of alkyl halides is 3. The van der Waals surface area contributed by atoms with Gasteiger partial charge in [-0.05, 0) is 54.7 Å². The van der Waals surface area contributed by atoms with Crippen LogP contribution in [0.25, 0.3) is 10.9 Å². The Labute approximate surface area is 172 Å². The van der Waals surface area contributed by atoms with Crippen molar-refractivity contribution in [2.24, 2.45) is 11.8 Å². The van der Waals surface area contributed by atoms with E-state index in [1.54, 1.807) is 6.20 Å². The summed E-state index contributed by atoms with van der Waals surface area (Å²) in [5.74, 6) is 1.37. The van der Waals surface area contributed by atoms with Crippen LogP contribution < -0.4 is 10.1 Å². The van der Waals surface area contributed by atoms with E-state index in [2.05, 4.69) is 17.2 Å². The van der Waals surface area contributed by atoms with Crippen LogP contribution in [0.2, 0.25) is 0 Å². The van der Waals surface area contributed by atoms with Gasteiger partial charge in [0, 0.05) is 29.4 Å². The summed E-state index contributed by atoms with van der Waals surface area (Å²) in [5.41, 5.74) is 1.73. The van der Waals surface area contributed by atoms with E-state index in [4.69, 9.17) is 4.74 Å². The Bertz CT molecular complexity index is 1030. The molecule has 1 aliphatic rings. The fourth-order valence-corrected chi connectivity index (χ4v) is 3.79. The Morgan fingerprint density at radius 1 is 1.17 bits per heavy atom. The first kappa shape index (κ1) is 20.3. The SMILES string of the molecule is CC1CC(C(=O)Nc2c[nH]c3ccc(OCCc4ccc(C(F)(F)F)cc4)cc23)C1. The quantitative estimate of drug-likeness (QED) is 0.534. The zero-order valence-electron chi connectivity index (χ0n) is 16.6. The van der Waals surface area contributed by atoms with Crippen LogP contribution in [0.4, 0.5) is 18.9 Å². The molecule has 1 aromatic heterocycles. The lowest BCUT2D eigenvalue weighted by atomic mass is 9.75. The summed E-state index contributed by atoms with van der Waals surface area (Å²) >= 11 is 0. The molecule has 2 N–H and O–H groups in total. The average molecular weight is 416 g/mol. The number of carbonyl (C=O) groups is 1. The molecule has 0 atom stereocenters. The predicted octanol–water partition coefficient (Wildman–Crippen LogP) is 5.79. The molecule has 0 spiro atoms. The molecule has 4 rings (SSSR count). The van der Waals surface area contributed by atoms with Crippen molar-refractivity contribution >= 4 is 22.5 Å². The highest BCUT2D eigenvalue weighted by Crippen LogP contribution is 2.35. The molecular weight excluding hydrogens is 393 g/mol. The van der Waals surface area contributed by atoms with E-state index in [0.29, 0.717) is 24.7 Å². The number of halogens is 3. The maximum Gasteiger partial charge on any atom is 0.416 e.